The molecule has 0 unspecified atom stereocenters. The molecule has 0 spiro atoms. The number of rotatable bonds is 3. The van der Waals surface area contributed by atoms with E-state index in [1.165, 1.54) is 10.8 Å². The molecule has 4 N–H and O–H groups in total. The molecule has 1 aromatic rings. The quantitative estimate of drug-likeness (QED) is 0.392. The first-order chi connectivity index (χ1) is 5.67. The smallest absolute Gasteiger partial charge is 0.100 e. The summed E-state index contributed by atoms with van der Waals surface area (Å²) in [6, 6.07) is 9.63. The van der Waals surface area contributed by atoms with Crippen molar-refractivity contribution in [2.45, 2.75) is 5.66 Å². The Morgan fingerprint density at radius 3 is 2.33 bits per heavy atom. The molecule has 0 saturated carbocycles. The summed E-state index contributed by atoms with van der Waals surface area (Å²) < 4.78 is 0. The monoisotopic (exact) mass is 200 g/mol. The van der Waals surface area contributed by atoms with Gasteiger partial charge in [-0.2, -0.15) is 0 Å². The summed E-state index contributed by atoms with van der Waals surface area (Å²) in [7, 11) is 1.35. The molecule has 0 bridgehead atoms. The maximum atomic E-state index is 5.86. The Bertz CT molecular complexity index is 236. The molecule has 2 nitrogen and oxygen atoms in total. The average Bonchev–Trinajstić information content (AvgIpc) is 2.06. The molecular formula is C8H12N2S2. The molecule has 1 aromatic carbocycles. The van der Waals surface area contributed by atoms with Crippen LogP contribution in [0.15, 0.2) is 30.3 Å². The van der Waals surface area contributed by atoms with Crippen LogP contribution >= 0.6 is 22.5 Å². The van der Waals surface area contributed by atoms with E-state index in [0.29, 0.717) is 5.75 Å². The van der Waals surface area contributed by atoms with Gasteiger partial charge in [0, 0.05) is 5.75 Å². The minimum absolute atomic E-state index is 0.597. The normalized spacial score (nSPS) is 11.6. The molecule has 0 aliphatic rings. The van der Waals surface area contributed by atoms with E-state index in [9.17, 15) is 0 Å². The Kier molecular flexibility index (Phi) is 3.46. The predicted octanol–water partition coefficient (Wildman–Crippen LogP) is 1.33. The Hall–Kier alpha value is -0.160. The van der Waals surface area contributed by atoms with E-state index in [2.05, 4.69) is 11.7 Å². The van der Waals surface area contributed by atoms with Crippen molar-refractivity contribution in [3.05, 3.63) is 35.9 Å². The molecule has 0 aliphatic heterocycles. The molecule has 0 radical (unpaired) electrons. The molecule has 0 heterocycles. The summed E-state index contributed by atoms with van der Waals surface area (Å²) >= 11 is 4.02. The molecule has 0 aliphatic carbocycles. The van der Waals surface area contributed by atoms with Gasteiger partial charge in [0.05, 0.1) is 0 Å². The average molecular weight is 200 g/mol. The maximum Gasteiger partial charge on any atom is 0.100 e. The van der Waals surface area contributed by atoms with Gasteiger partial charge < -0.3 is 11.5 Å². The summed E-state index contributed by atoms with van der Waals surface area (Å²) in [6.45, 7) is 0. The third-order valence-electron chi connectivity index (χ3n) is 1.61. The Morgan fingerprint density at radius 2 is 1.83 bits per heavy atom. The van der Waals surface area contributed by atoms with Gasteiger partial charge >= 0.3 is 0 Å². The van der Waals surface area contributed by atoms with Crippen LogP contribution in [-0.4, -0.2) is 5.75 Å². The van der Waals surface area contributed by atoms with Crippen molar-refractivity contribution in [2.75, 3.05) is 5.75 Å². The fourth-order valence-corrected chi connectivity index (χ4v) is 1.96. The van der Waals surface area contributed by atoms with Gasteiger partial charge in [0.2, 0.25) is 0 Å². The van der Waals surface area contributed by atoms with Gasteiger partial charge in [0.15, 0.2) is 0 Å². The van der Waals surface area contributed by atoms with E-state index in [0.717, 1.165) is 5.56 Å². The van der Waals surface area contributed by atoms with Gasteiger partial charge in [-0.05, 0) is 5.56 Å². The second-order valence-electron chi connectivity index (χ2n) is 2.68. The van der Waals surface area contributed by atoms with Crippen molar-refractivity contribution in [1.82, 2.24) is 0 Å². The van der Waals surface area contributed by atoms with Crippen molar-refractivity contribution in [2.24, 2.45) is 11.5 Å². The molecule has 0 amide bonds. The van der Waals surface area contributed by atoms with Crippen LogP contribution in [0.1, 0.15) is 5.56 Å². The van der Waals surface area contributed by atoms with E-state index in [-0.39, 0.29) is 0 Å². The molecule has 0 aromatic heterocycles. The third kappa shape index (κ3) is 2.42. The molecule has 0 fully saturated rings. The van der Waals surface area contributed by atoms with Crippen LogP contribution in [-0.2, 0) is 5.66 Å². The summed E-state index contributed by atoms with van der Waals surface area (Å²) in [6.07, 6.45) is 0. The largest absolute Gasteiger partial charge is 0.309 e. The van der Waals surface area contributed by atoms with E-state index in [1.54, 1.807) is 0 Å². The zero-order valence-corrected chi connectivity index (χ0v) is 8.31. The summed E-state index contributed by atoms with van der Waals surface area (Å²) in [5, 5.41) is 0. The van der Waals surface area contributed by atoms with Gasteiger partial charge in [0.25, 0.3) is 0 Å². The topological polar surface area (TPSA) is 52.0 Å². The zero-order valence-electron chi connectivity index (χ0n) is 6.60. The van der Waals surface area contributed by atoms with Crippen LogP contribution in [0, 0.1) is 0 Å². The lowest BCUT2D eigenvalue weighted by Crippen LogP contribution is -2.48. The fourth-order valence-electron chi connectivity index (χ4n) is 0.939. The van der Waals surface area contributed by atoms with Crippen LogP contribution in [0.2, 0.25) is 0 Å². The fraction of sp³-hybridized carbons (Fsp3) is 0.250. The second kappa shape index (κ2) is 4.18. The zero-order chi connectivity index (χ0) is 9.03. The summed E-state index contributed by atoms with van der Waals surface area (Å²) in [5.41, 5.74) is 11.9. The lowest BCUT2D eigenvalue weighted by molar-refractivity contribution is 0.533. The molecule has 12 heavy (non-hydrogen) atoms. The van der Waals surface area contributed by atoms with Crippen molar-refractivity contribution >= 4 is 22.5 Å². The van der Waals surface area contributed by atoms with E-state index in [4.69, 9.17) is 11.5 Å². The van der Waals surface area contributed by atoms with Gasteiger partial charge in [-0.25, -0.2) is 0 Å². The number of thiol groups is 1. The summed E-state index contributed by atoms with van der Waals surface area (Å²) in [4.78, 5) is 0. The number of nitrogens with two attached hydrogens (primary N) is 2. The van der Waals surface area contributed by atoms with Crippen LogP contribution in [0.5, 0.6) is 0 Å². The van der Waals surface area contributed by atoms with E-state index in [1.807, 2.05) is 30.3 Å². The first kappa shape index (κ1) is 9.92. The first-order valence-electron chi connectivity index (χ1n) is 3.56. The highest BCUT2D eigenvalue weighted by Gasteiger charge is 2.20. The van der Waals surface area contributed by atoms with Crippen molar-refractivity contribution < 1.29 is 0 Å². The number of hydrogen-bond acceptors (Lipinski definition) is 4. The third-order valence-corrected chi connectivity index (χ3v) is 2.61. The highest BCUT2D eigenvalue weighted by Crippen LogP contribution is 2.19. The molecule has 1 rings (SSSR count). The molecule has 66 valence electrons. The Morgan fingerprint density at radius 1 is 1.25 bits per heavy atom. The van der Waals surface area contributed by atoms with Gasteiger partial charge in [-0.1, -0.05) is 41.1 Å². The van der Waals surface area contributed by atoms with Crippen molar-refractivity contribution in [3.8, 4) is 0 Å². The standard InChI is InChI=1S/C8H12N2S2/c9-8(10,6-12-11)7-4-2-1-3-5-7/h1-5,11H,6,9-10H2. The van der Waals surface area contributed by atoms with Gasteiger partial charge in [-0.3, -0.25) is 0 Å². The van der Waals surface area contributed by atoms with Crippen LogP contribution in [0.3, 0.4) is 0 Å². The molecule has 0 saturated heterocycles. The predicted molar refractivity (Wildman–Crippen MR) is 57.9 cm³/mol. The van der Waals surface area contributed by atoms with Crippen LogP contribution < -0.4 is 11.5 Å². The lowest BCUT2D eigenvalue weighted by atomic mass is 10.0. The number of hydrogen-bond donors (Lipinski definition) is 3. The highest BCUT2D eigenvalue weighted by molar-refractivity contribution is 8.68. The van der Waals surface area contributed by atoms with Gasteiger partial charge in [-0.15, -0.1) is 11.7 Å². The van der Waals surface area contributed by atoms with Gasteiger partial charge in [0.1, 0.15) is 5.66 Å². The molecule has 0 atom stereocenters. The summed E-state index contributed by atoms with van der Waals surface area (Å²) in [5.74, 6) is 0.597. The Labute approximate surface area is 81.5 Å². The maximum absolute atomic E-state index is 5.86. The van der Waals surface area contributed by atoms with Crippen molar-refractivity contribution in [1.29, 1.82) is 0 Å². The van der Waals surface area contributed by atoms with Crippen LogP contribution in [0.4, 0.5) is 0 Å². The highest BCUT2D eigenvalue weighted by atomic mass is 33.1. The number of benzene rings is 1. The van der Waals surface area contributed by atoms with E-state index >= 15 is 0 Å². The van der Waals surface area contributed by atoms with E-state index < -0.39 is 5.66 Å². The second-order valence-corrected chi connectivity index (χ2v) is 4.00. The minimum atomic E-state index is -0.770. The lowest BCUT2D eigenvalue weighted by Gasteiger charge is -2.23. The Balaban J connectivity index is 2.82. The van der Waals surface area contributed by atoms with Crippen molar-refractivity contribution in [3.63, 3.8) is 0 Å². The molecular weight excluding hydrogens is 188 g/mol. The minimum Gasteiger partial charge on any atom is -0.309 e. The van der Waals surface area contributed by atoms with Crippen LogP contribution in [0.25, 0.3) is 0 Å². The first-order valence-corrected chi connectivity index (χ1v) is 5.60. The SMILES string of the molecule is NC(N)(CSS)c1ccccc1. The molecule has 4 heteroatoms.